The van der Waals surface area contributed by atoms with Crippen LogP contribution in [0.15, 0.2) is 6.07 Å². The van der Waals surface area contributed by atoms with Crippen molar-refractivity contribution < 1.29 is 31.1 Å². The molecule has 0 bridgehead atoms. The number of benzene rings is 1. The van der Waals surface area contributed by atoms with Crippen LogP contribution in [0.3, 0.4) is 0 Å². The van der Waals surface area contributed by atoms with Gasteiger partial charge in [0, 0.05) is 10.7 Å². The molecule has 0 radical (unpaired) electrons. The molecule has 154 valence electrons. The van der Waals surface area contributed by atoms with Gasteiger partial charge in [0.15, 0.2) is 10.0 Å². The molecule has 0 aromatic heterocycles. The number of sulfonamides is 1. The lowest BCUT2D eigenvalue weighted by atomic mass is 9.97. The molecule has 1 atom stereocenters. The molecule has 1 aromatic rings. The Hall–Kier alpha value is 0.380. The van der Waals surface area contributed by atoms with Gasteiger partial charge in [0.1, 0.15) is 0 Å². The summed E-state index contributed by atoms with van der Waals surface area (Å²) < 4.78 is 68.3. The van der Waals surface area contributed by atoms with Crippen LogP contribution < -0.4 is 5.73 Å². The SMILES string of the molecule is CCC(Cc1c(I)cc(I)c(N)c1I)C(=O)OCC[N-]S(=O)(=O)C(F)(F)F. The van der Waals surface area contributed by atoms with Crippen molar-refractivity contribution in [3.05, 3.63) is 27.1 Å². The minimum Gasteiger partial charge on any atom is -0.538 e. The monoisotopic (exact) mass is 745 g/mol. The lowest BCUT2D eigenvalue weighted by molar-refractivity contribution is -0.148. The molecule has 0 saturated heterocycles. The van der Waals surface area contributed by atoms with Gasteiger partial charge in [-0.25, -0.2) is 8.42 Å². The number of hydrogen-bond donors (Lipinski definition) is 1. The van der Waals surface area contributed by atoms with Crippen molar-refractivity contribution in [1.29, 1.82) is 0 Å². The smallest absolute Gasteiger partial charge is 0.480 e. The number of alkyl halides is 3. The highest BCUT2D eigenvalue weighted by Gasteiger charge is 2.38. The van der Waals surface area contributed by atoms with E-state index in [-0.39, 0.29) is 0 Å². The Morgan fingerprint density at radius 3 is 2.41 bits per heavy atom. The summed E-state index contributed by atoms with van der Waals surface area (Å²) in [6, 6.07) is 1.90. The normalized spacial score (nSPS) is 13.4. The van der Waals surface area contributed by atoms with E-state index in [1.54, 1.807) is 6.92 Å². The summed E-state index contributed by atoms with van der Waals surface area (Å²) in [6.07, 6.45) is 0.792. The number of ether oxygens (including phenoxy) is 1. The van der Waals surface area contributed by atoms with Crippen LogP contribution in [0.25, 0.3) is 4.72 Å². The van der Waals surface area contributed by atoms with Crippen LogP contribution in [0.1, 0.15) is 18.9 Å². The van der Waals surface area contributed by atoms with Gasteiger partial charge in [-0.1, -0.05) is 6.92 Å². The molecule has 0 heterocycles. The Bertz CT molecular complexity index is 804. The van der Waals surface area contributed by atoms with Crippen LogP contribution in [0.5, 0.6) is 0 Å². The highest BCUT2D eigenvalue weighted by Crippen LogP contribution is 2.32. The highest BCUT2D eigenvalue weighted by atomic mass is 127. The number of anilines is 1. The lowest BCUT2D eigenvalue weighted by Gasteiger charge is -2.22. The van der Waals surface area contributed by atoms with Crippen molar-refractivity contribution in [2.45, 2.75) is 25.3 Å². The molecule has 0 spiro atoms. The Morgan fingerprint density at radius 2 is 1.89 bits per heavy atom. The minimum atomic E-state index is -5.57. The zero-order valence-electron chi connectivity index (χ0n) is 13.8. The number of nitrogens with two attached hydrogens (primary N) is 1. The third-order valence-corrected chi connectivity index (χ3v) is 7.66. The van der Waals surface area contributed by atoms with E-state index in [4.69, 9.17) is 10.5 Å². The number of esters is 1. The van der Waals surface area contributed by atoms with Gasteiger partial charge in [0.05, 0.1) is 18.2 Å². The van der Waals surface area contributed by atoms with Gasteiger partial charge in [0.2, 0.25) is 0 Å². The number of hydrogen-bond acceptors (Lipinski definition) is 5. The highest BCUT2D eigenvalue weighted by molar-refractivity contribution is 14.1. The van der Waals surface area contributed by atoms with E-state index in [1.807, 2.05) is 6.07 Å². The molecule has 0 aliphatic heterocycles. The topological polar surface area (TPSA) is 101 Å². The van der Waals surface area contributed by atoms with Crippen LogP contribution in [0.2, 0.25) is 0 Å². The van der Waals surface area contributed by atoms with E-state index in [0.29, 0.717) is 18.5 Å². The van der Waals surface area contributed by atoms with Gasteiger partial charge in [0.25, 0.3) is 0 Å². The number of carbonyl (C=O) groups is 1. The van der Waals surface area contributed by atoms with E-state index >= 15 is 0 Å². The van der Waals surface area contributed by atoms with Gasteiger partial charge < -0.3 is 15.2 Å². The fraction of sp³-hybridized carbons (Fsp3) is 0.500. The van der Waals surface area contributed by atoms with Crippen molar-refractivity contribution in [1.82, 2.24) is 0 Å². The number of carbonyl (C=O) groups excluding carboxylic acids is 1. The minimum absolute atomic E-state index is 0.352. The van der Waals surface area contributed by atoms with Crippen LogP contribution in [0.4, 0.5) is 18.9 Å². The van der Waals surface area contributed by atoms with Gasteiger partial charge in [-0.2, -0.15) is 13.2 Å². The molecule has 27 heavy (non-hydrogen) atoms. The summed E-state index contributed by atoms with van der Waals surface area (Å²) in [5.41, 5.74) is 2.07. The van der Waals surface area contributed by atoms with E-state index in [0.717, 1.165) is 16.3 Å². The predicted molar refractivity (Wildman–Crippen MR) is 121 cm³/mol. The summed E-state index contributed by atoms with van der Waals surface area (Å²) in [6.45, 7) is 0.448. The van der Waals surface area contributed by atoms with Crippen molar-refractivity contribution in [3.8, 4) is 0 Å². The molecular formula is C14H15F3I3N2O4S-. The quantitative estimate of drug-likeness (QED) is 0.184. The first-order valence-corrected chi connectivity index (χ1v) is 12.1. The van der Waals surface area contributed by atoms with Crippen LogP contribution in [-0.4, -0.2) is 33.0 Å². The van der Waals surface area contributed by atoms with Crippen LogP contribution in [0, 0.1) is 16.6 Å². The number of rotatable bonds is 8. The standard InChI is InChI=1S/C14H15F3I3N2O4S/c1-2-7(5-8-9(18)6-10(19)12(21)11(8)20)13(23)26-4-3-22-27(24,25)14(15,16)17/h6-7H,2-5,21H2,1H3/q-1. The van der Waals surface area contributed by atoms with E-state index in [1.165, 1.54) is 0 Å². The van der Waals surface area contributed by atoms with Crippen LogP contribution >= 0.6 is 67.8 Å². The molecule has 6 nitrogen and oxygen atoms in total. The molecule has 13 heteroatoms. The predicted octanol–water partition coefficient (Wildman–Crippen LogP) is 4.42. The van der Waals surface area contributed by atoms with Crippen molar-refractivity contribution >= 4 is 89.5 Å². The second-order valence-corrected chi connectivity index (χ2v) is 10.4. The summed E-state index contributed by atoms with van der Waals surface area (Å²) in [7, 11) is -5.57. The summed E-state index contributed by atoms with van der Waals surface area (Å²) in [5, 5.41) is 0. The molecule has 2 N–H and O–H groups in total. The zero-order valence-corrected chi connectivity index (χ0v) is 21.1. The molecule has 1 unspecified atom stereocenters. The van der Waals surface area contributed by atoms with E-state index in [2.05, 4.69) is 72.5 Å². The Balaban J connectivity index is 2.71. The van der Waals surface area contributed by atoms with Gasteiger partial charge >= 0.3 is 11.5 Å². The first-order valence-electron chi connectivity index (χ1n) is 7.40. The van der Waals surface area contributed by atoms with E-state index in [9.17, 15) is 26.4 Å². The Kier molecular flexibility index (Phi) is 9.81. The maximum absolute atomic E-state index is 12.2. The molecule has 0 aliphatic carbocycles. The maximum atomic E-state index is 12.2. The Morgan fingerprint density at radius 1 is 1.30 bits per heavy atom. The largest absolute Gasteiger partial charge is 0.538 e. The second kappa shape index (κ2) is 10.4. The summed E-state index contributed by atoms with van der Waals surface area (Å²) >= 11 is 6.37. The lowest BCUT2D eigenvalue weighted by Crippen LogP contribution is -2.25. The fourth-order valence-electron chi connectivity index (χ4n) is 1.97. The molecule has 1 aromatic carbocycles. The van der Waals surface area contributed by atoms with E-state index < -0.39 is 40.6 Å². The van der Waals surface area contributed by atoms with Crippen LogP contribution in [-0.2, 0) is 26.0 Å². The van der Waals surface area contributed by atoms with Gasteiger partial charge in [-0.15, -0.1) is 6.54 Å². The maximum Gasteiger partial charge on any atom is 0.480 e. The molecule has 0 amide bonds. The summed E-state index contributed by atoms with van der Waals surface area (Å²) in [5.74, 6) is -1.16. The third-order valence-electron chi connectivity index (χ3n) is 3.47. The zero-order chi connectivity index (χ0) is 21.0. The van der Waals surface area contributed by atoms with Crippen molar-refractivity contribution in [2.75, 3.05) is 18.9 Å². The first kappa shape index (κ1) is 25.4. The third kappa shape index (κ3) is 6.98. The molecule has 0 saturated carbocycles. The summed E-state index contributed by atoms with van der Waals surface area (Å²) in [4.78, 5) is 12.2. The molecule has 1 rings (SSSR count). The van der Waals surface area contributed by atoms with Gasteiger partial charge in [-0.3, -0.25) is 4.79 Å². The first-order chi connectivity index (χ1) is 12.3. The Labute approximate surface area is 196 Å². The molecule has 0 aliphatic rings. The average molecular weight is 745 g/mol. The molecule has 0 fully saturated rings. The van der Waals surface area contributed by atoms with Crippen molar-refractivity contribution in [3.63, 3.8) is 0 Å². The fourth-order valence-corrected chi connectivity index (χ4v) is 6.24. The number of nitrogen functional groups attached to an aromatic ring is 1. The second-order valence-electron chi connectivity index (χ2n) is 5.30. The number of nitrogens with zero attached hydrogens (tertiary/aromatic N) is 1. The van der Waals surface area contributed by atoms with Crippen molar-refractivity contribution in [2.24, 2.45) is 5.92 Å². The number of halogens is 6. The van der Waals surface area contributed by atoms with Gasteiger partial charge in [-0.05, 0) is 92.2 Å². The molecular weight excluding hydrogens is 730 g/mol. The average Bonchev–Trinajstić information content (AvgIpc) is 2.55.